The standard InChI is InChI=1S/C24H32FNO7S/c1-17(2)32-24-16-18(11-14-23(24)31-3)7-5-6-8-20(33-34(4,29)30)12-9-19-10-13-21(25)22(15-19)26(27)28/h10-11,13-17,20H,5-9,12H2,1-4H3. The summed E-state index contributed by atoms with van der Waals surface area (Å²) in [6, 6.07) is 9.47. The van der Waals surface area contributed by atoms with Crippen LogP contribution in [0.1, 0.15) is 50.7 Å². The largest absolute Gasteiger partial charge is 0.493 e. The van der Waals surface area contributed by atoms with E-state index in [1.165, 1.54) is 12.1 Å². The summed E-state index contributed by atoms with van der Waals surface area (Å²) >= 11 is 0. The fourth-order valence-electron chi connectivity index (χ4n) is 3.59. The van der Waals surface area contributed by atoms with Gasteiger partial charge in [0.05, 0.1) is 30.5 Å². The number of methoxy groups -OCH3 is 1. The zero-order valence-electron chi connectivity index (χ0n) is 20.0. The van der Waals surface area contributed by atoms with Crippen molar-refractivity contribution in [3.63, 3.8) is 0 Å². The maximum absolute atomic E-state index is 13.6. The number of aryl methyl sites for hydroxylation is 2. The van der Waals surface area contributed by atoms with Crippen LogP contribution in [0, 0.1) is 15.9 Å². The summed E-state index contributed by atoms with van der Waals surface area (Å²) in [4.78, 5) is 10.2. The number of benzene rings is 2. The first-order valence-electron chi connectivity index (χ1n) is 11.1. The summed E-state index contributed by atoms with van der Waals surface area (Å²) in [5, 5.41) is 10.9. The maximum Gasteiger partial charge on any atom is 0.305 e. The van der Waals surface area contributed by atoms with Gasteiger partial charge in [-0.05, 0) is 75.3 Å². The Hall–Kier alpha value is -2.72. The average Bonchev–Trinajstić information content (AvgIpc) is 2.74. The maximum atomic E-state index is 13.6. The zero-order chi connectivity index (χ0) is 25.3. The van der Waals surface area contributed by atoms with Crippen LogP contribution in [0.25, 0.3) is 0 Å². The van der Waals surface area contributed by atoms with Crippen molar-refractivity contribution in [3.05, 3.63) is 63.5 Å². The van der Waals surface area contributed by atoms with E-state index in [-0.39, 0.29) is 6.10 Å². The van der Waals surface area contributed by atoms with E-state index in [4.69, 9.17) is 13.7 Å². The Morgan fingerprint density at radius 2 is 1.68 bits per heavy atom. The third-order valence-corrected chi connectivity index (χ3v) is 5.73. The molecule has 0 radical (unpaired) electrons. The minimum atomic E-state index is -3.67. The van der Waals surface area contributed by atoms with Crippen molar-refractivity contribution >= 4 is 15.8 Å². The van der Waals surface area contributed by atoms with Gasteiger partial charge in [0, 0.05) is 6.07 Å². The molecule has 0 spiro atoms. The molecule has 0 aliphatic heterocycles. The highest BCUT2D eigenvalue weighted by Gasteiger charge is 2.18. The van der Waals surface area contributed by atoms with Gasteiger partial charge in [-0.15, -0.1) is 0 Å². The summed E-state index contributed by atoms with van der Waals surface area (Å²) in [7, 11) is -2.08. The summed E-state index contributed by atoms with van der Waals surface area (Å²) in [5.74, 6) is 0.444. The van der Waals surface area contributed by atoms with Crippen LogP contribution in [-0.4, -0.2) is 38.9 Å². The summed E-state index contributed by atoms with van der Waals surface area (Å²) in [6.07, 6.45) is 3.90. The monoisotopic (exact) mass is 497 g/mol. The molecular weight excluding hydrogens is 465 g/mol. The number of hydrogen-bond donors (Lipinski definition) is 0. The lowest BCUT2D eigenvalue weighted by atomic mass is 10.0. The van der Waals surface area contributed by atoms with Crippen LogP contribution in [0.2, 0.25) is 0 Å². The SMILES string of the molecule is COc1ccc(CCCCC(CCc2ccc(F)c([N+](=O)[O-])c2)OS(C)(=O)=O)cc1OC(C)C. The molecular formula is C24H32FNO7S. The molecule has 188 valence electrons. The quantitative estimate of drug-likeness (QED) is 0.152. The van der Waals surface area contributed by atoms with E-state index >= 15 is 0 Å². The number of nitro benzene ring substituents is 1. The van der Waals surface area contributed by atoms with E-state index in [0.29, 0.717) is 36.3 Å². The van der Waals surface area contributed by atoms with Crippen molar-refractivity contribution in [2.75, 3.05) is 13.4 Å². The molecule has 0 aromatic heterocycles. The lowest BCUT2D eigenvalue weighted by molar-refractivity contribution is -0.387. The fourth-order valence-corrected chi connectivity index (χ4v) is 4.28. The summed E-state index contributed by atoms with van der Waals surface area (Å²) in [6.45, 7) is 3.89. The smallest absolute Gasteiger partial charge is 0.305 e. The normalized spacial score (nSPS) is 12.5. The molecule has 0 saturated carbocycles. The number of hydrogen-bond acceptors (Lipinski definition) is 7. The molecule has 0 bridgehead atoms. The van der Waals surface area contributed by atoms with Gasteiger partial charge in [-0.1, -0.05) is 18.6 Å². The molecule has 2 aromatic carbocycles. The molecule has 0 fully saturated rings. The second-order valence-corrected chi connectivity index (χ2v) is 10.0. The molecule has 0 aliphatic rings. The van der Waals surface area contributed by atoms with Crippen LogP contribution in [-0.2, 0) is 27.1 Å². The lowest BCUT2D eigenvalue weighted by Crippen LogP contribution is -2.18. The van der Waals surface area contributed by atoms with E-state index < -0.39 is 32.7 Å². The van der Waals surface area contributed by atoms with Gasteiger partial charge in [0.15, 0.2) is 11.5 Å². The lowest BCUT2D eigenvalue weighted by Gasteiger charge is -2.17. The molecule has 10 heteroatoms. The number of unbranched alkanes of at least 4 members (excludes halogenated alkanes) is 1. The molecule has 0 aliphatic carbocycles. The molecule has 0 heterocycles. The Kier molecular flexibility index (Phi) is 10.2. The van der Waals surface area contributed by atoms with Crippen LogP contribution in [0.3, 0.4) is 0 Å². The van der Waals surface area contributed by atoms with E-state index in [2.05, 4.69) is 0 Å². The van der Waals surface area contributed by atoms with E-state index in [0.717, 1.165) is 37.1 Å². The number of rotatable bonds is 14. The van der Waals surface area contributed by atoms with Crippen molar-refractivity contribution in [3.8, 4) is 11.5 Å². The third kappa shape index (κ3) is 9.26. The Labute approximate surface area is 200 Å². The highest BCUT2D eigenvalue weighted by atomic mass is 32.2. The fraction of sp³-hybridized carbons (Fsp3) is 0.500. The Morgan fingerprint density at radius 1 is 1.00 bits per heavy atom. The van der Waals surface area contributed by atoms with Gasteiger partial charge < -0.3 is 9.47 Å². The predicted molar refractivity (Wildman–Crippen MR) is 127 cm³/mol. The van der Waals surface area contributed by atoms with Gasteiger partial charge in [-0.3, -0.25) is 14.3 Å². The molecule has 2 rings (SSSR count). The topological polar surface area (TPSA) is 105 Å². The molecule has 1 atom stereocenters. The van der Waals surface area contributed by atoms with Crippen molar-refractivity contribution in [2.45, 2.75) is 64.6 Å². The molecule has 0 N–H and O–H groups in total. The van der Waals surface area contributed by atoms with Gasteiger partial charge in [-0.2, -0.15) is 12.8 Å². The Balaban J connectivity index is 1.95. The highest BCUT2D eigenvalue weighted by Crippen LogP contribution is 2.30. The second kappa shape index (κ2) is 12.7. The van der Waals surface area contributed by atoms with Gasteiger partial charge in [0.2, 0.25) is 5.82 Å². The Morgan fingerprint density at radius 3 is 2.29 bits per heavy atom. The average molecular weight is 498 g/mol. The van der Waals surface area contributed by atoms with Crippen molar-refractivity contribution in [2.24, 2.45) is 0 Å². The molecule has 0 saturated heterocycles. The Bertz CT molecular complexity index is 1070. The molecule has 34 heavy (non-hydrogen) atoms. The van der Waals surface area contributed by atoms with Gasteiger partial charge in [0.1, 0.15) is 0 Å². The minimum Gasteiger partial charge on any atom is -0.493 e. The van der Waals surface area contributed by atoms with Crippen molar-refractivity contribution in [1.82, 2.24) is 0 Å². The first-order valence-corrected chi connectivity index (χ1v) is 12.9. The van der Waals surface area contributed by atoms with Crippen LogP contribution in [0.15, 0.2) is 36.4 Å². The highest BCUT2D eigenvalue weighted by molar-refractivity contribution is 7.86. The van der Waals surface area contributed by atoms with Crippen LogP contribution in [0.5, 0.6) is 11.5 Å². The van der Waals surface area contributed by atoms with Crippen LogP contribution < -0.4 is 9.47 Å². The molecule has 2 aromatic rings. The van der Waals surface area contributed by atoms with Crippen LogP contribution in [0.4, 0.5) is 10.1 Å². The number of ether oxygens (including phenoxy) is 2. The zero-order valence-corrected chi connectivity index (χ0v) is 20.8. The van der Waals surface area contributed by atoms with E-state index in [1.54, 1.807) is 7.11 Å². The first kappa shape index (κ1) is 27.5. The molecule has 8 nitrogen and oxygen atoms in total. The van der Waals surface area contributed by atoms with Gasteiger partial charge in [0.25, 0.3) is 10.1 Å². The number of nitro groups is 1. The van der Waals surface area contributed by atoms with Gasteiger partial charge in [-0.25, -0.2) is 0 Å². The number of nitrogens with zero attached hydrogens (tertiary/aromatic N) is 1. The molecule has 0 amide bonds. The van der Waals surface area contributed by atoms with Crippen molar-refractivity contribution < 1.29 is 31.4 Å². The minimum absolute atomic E-state index is 0.0144. The number of halogens is 1. The van der Waals surface area contributed by atoms with Crippen molar-refractivity contribution in [1.29, 1.82) is 0 Å². The predicted octanol–water partition coefficient (Wildman–Crippen LogP) is 5.22. The third-order valence-electron chi connectivity index (χ3n) is 5.11. The second-order valence-electron chi connectivity index (χ2n) is 8.40. The van der Waals surface area contributed by atoms with E-state index in [9.17, 15) is 22.9 Å². The summed E-state index contributed by atoms with van der Waals surface area (Å²) in [5.41, 5.74) is 1.03. The van der Waals surface area contributed by atoms with Crippen LogP contribution >= 0.6 is 0 Å². The molecule has 1 unspecified atom stereocenters. The van der Waals surface area contributed by atoms with Gasteiger partial charge >= 0.3 is 5.69 Å². The van der Waals surface area contributed by atoms with E-state index in [1.807, 2.05) is 32.0 Å². The first-order chi connectivity index (χ1) is 16.0. The summed E-state index contributed by atoms with van der Waals surface area (Å²) < 4.78 is 53.3.